The summed E-state index contributed by atoms with van der Waals surface area (Å²) in [4.78, 5) is 0.850. The molecule has 0 radical (unpaired) electrons. The monoisotopic (exact) mass is 287 g/mol. The summed E-state index contributed by atoms with van der Waals surface area (Å²) in [5.41, 5.74) is 1.04. The summed E-state index contributed by atoms with van der Waals surface area (Å²) in [7, 11) is 0. The number of aromatic nitrogens is 4. The lowest BCUT2D eigenvalue weighted by Gasteiger charge is -2.08. The molecule has 0 aliphatic carbocycles. The van der Waals surface area contributed by atoms with E-state index < -0.39 is 0 Å². The second kappa shape index (κ2) is 5.68. The number of nitrogens with one attached hydrogen (secondary N) is 1. The first-order chi connectivity index (χ1) is 9.78. The summed E-state index contributed by atoms with van der Waals surface area (Å²) < 4.78 is 1.84. The van der Waals surface area contributed by atoms with Crippen LogP contribution in [0.1, 0.15) is 18.9 Å². The van der Waals surface area contributed by atoms with Gasteiger partial charge in [-0.1, -0.05) is 48.6 Å². The van der Waals surface area contributed by atoms with Crippen molar-refractivity contribution in [2.45, 2.75) is 26.3 Å². The molecule has 0 aliphatic rings. The van der Waals surface area contributed by atoms with Gasteiger partial charge in [0, 0.05) is 18.0 Å². The number of likely N-dealkylation sites (N-methyl/N-ethyl adjacent to an activating group) is 1. The van der Waals surface area contributed by atoms with Gasteiger partial charge in [-0.15, -0.1) is 10.2 Å². The van der Waals surface area contributed by atoms with E-state index in [9.17, 15) is 0 Å². The third-order valence-corrected chi connectivity index (χ3v) is 4.02. The molecule has 1 aromatic carbocycles. The van der Waals surface area contributed by atoms with Crippen molar-refractivity contribution in [2.75, 3.05) is 6.54 Å². The van der Waals surface area contributed by atoms with Gasteiger partial charge in [-0.2, -0.15) is 9.61 Å². The first kappa shape index (κ1) is 13.2. The molecule has 1 N–H and O–H groups in total. The third-order valence-electron chi connectivity index (χ3n) is 3.10. The molecule has 0 bridgehead atoms. The Balaban J connectivity index is 1.91. The van der Waals surface area contributed by atoms with Crippen LogP contribution in [0.2, 0.25) is 0 Å². The van der Waals surface area contributed by atoms with E-state index in [-0.39, 0.29) is 0 Å². The lowest BCUT2D eigenvalue weighted by molar-refractivity contribution is 0.561. The fraction of sp³-hybridized carbons (Fsp3) is 0.357. The van der Waals surface area contributed by atoms with Crippen LogP contribution in [0.4, 0.5) is 0 Å². The largest absolute Gasteiger partial charge is 0.314 e. The lowest BCUT2D eigenvalue weighted by Crippen LogP contribution is -2.27. The van der Waals surface area contributed by atoms with E-state index in [1.54, 1.807) is 11.3 Å². The van der Waals surface area contributed by atoms with E-state index in [1.807, 2.05) is 34.8 Å². The summed E-state index contributed by atoms with van der Waals surface area (Å²) in [6, 6.07) is 10.5. The Morgan fingerprint density at radius 1 is 1.25 bits per heavy atom. The topological polar surface area (TPSA) is 55.1 Å². The molecule has 0 saturated heterocycles. The highest BCUT2D eigenvalue weighted by Gasteiger charge is 2.14. The molecule has 0 saturated carbocycles. The Kier molecular flexibility index (Phi) is 3.75. The molecule has 3 aromatic rings. The standard InChI is InChI=1S/C14H17N5S/c1-3-15-10(2)9-12-18-19-13(16-17-14(19)20-12)11-7-5-4-6-8-11/h4-8,10,15H,3,9H2,1-2H3. The summed E-state index contributed by atoms with van der Waals surface area (Å²) in [5, 5.41) is 17.6. The van der Waals surface area contributed by atoms with Gasteiger partial charge in [0.25, 0.3) is 0 Å². The minimum absolute atomic E-state index is 0.420. The average molecular weight is 287 g/mol. The predicted octanol–water partition coefficient (Wildman–Crippen LogP) is 2.39. The van der Waals surface area contributed by atoms with Crippen LogP contribution in [-0.4, -0.2) is 32.4 Å². The van der Waals surface area contributed by atoms with Gasteiger partial charge < -0.3 is 5.32 Å². The fourth-order valence-electron chi connectivity index (χ4n) is 2.19. The van der Waals surface area contributed by atoms with Crippen molar-refractivity contribution in [2.24, 2.45) is 0 Å². The Morgan fingerprint density at radius 2 is 2.05 bits per heavy atom. The van der Waals surface area contributed by atoms with Gasteiger partial charge in [-0.05, 0) is 13.5 Å². The highest BCUT2D eigenvalue weighted by atomic mass is 32.1. The van der Waals surface area contributed by atoms with Crippen LogP contribution in [0.25, 0.3) is 16.3 Å². The maximum absolute atomic E-state index is 4.64. The van der Waals surface area contributed by atoms with Crippen molar-refractivity contribution in [3.05, 3.63) is 35.3 Å². The van der Waals surface area contributed by atoms with Crippen molar-refractivity contribution in [1.29, 1.82) is 0 Å². The predicted molar refractivity (Wildman–Crippen MR) is 80.9 cm³/mol. The smallest absolute Gasteiger partial charge is 0.234 e. The van der Waals surface area contributed by atoms with Gasteiger partial charge in [0.15, 0.2) is 5.82 Å². The molecule has 1 unspecified atom stereocenters. The van der Waals surface area contributed by atoms with E-state index in [0.717, 1.165) is 34.3 Å². The number of benzene rings is 1. The molecule has 0 fully saturated rings. The zero-order valence-electron chi connectivity index (χ0n) is 11.6. The highest BCUT2D eigenvalue weighted by Crippen LogP contribution is 2.21. The maximum Gasteiger partial charge on any atom is 0.234 e. The van der Waals surface area contributed by atoms with Crippen LogP contribution in [0.5, 0.6) is 0 Å². The van der Waals surface area contributed by atoms with Gasteiger partial charge in [-0.25, -0.2) is 0 Å². The summed E-state index contributed by atoms with van der Waals surface area (Å²) >= 11 is 1.61. The minimum atomic E-state index is 0.420. The molecule has 5 nitrogen and oxygen atoms in total. The van der Waals surface area contributed by atoms with Crippen LogP contribution in [0.3, 0.4) is 0 Å². The van der Waals surface area contributed by atoms with Crippen LogP contribution < -0.4 is 5.32 Å². The van der Waals surface area contributed by atoms with Gasteiger partial charge in [0.1, 0.15) is 5.01 Å². The number of rotatable bonds is 5. The van der Waals surface area contributed by atoms with Crippen LogP contribution >= 0.6 is 11.3 Å². The molecule has 1 atom stereocenters. The SMILES string of the molecule is CCNC(C)Cc1nn2c(-c3ccccc3)nnc2s1. The summed E-state index contributed by atoms with van der Waals surface area (Å²) in [6.07, 6.45) is 0.913. The molecule has 3 rings (SSSR count). The van der Waals surface area contributed by atoms with Gasteiger partial charge in [-0.3, -0.25) is 0 Å². The van der Waals surface area contributed by atoms with Crippen molar-refractivity contribution in [3.63, 3.8) is 0 Å². The fourth-order valence-corrected chi connectivity index (χ4v) is 3.15. The molecule has 0 amide bonds. The Hall–Kier alpha value is -1.79. The molecule has 20 heavy (non-hydrogen) atoms. The first-order valence-electron chi connectivity index (χ1n) is 6.78. The number of hydrogen-bond donors (Lipinski definition) is 1. The zero-order chi connectivity index (χ0) is 13.9. The van der Waals surface area contributed by atoms with Gasteiger partial charge in [0.05, 0.1) is 0 Å². The van der Waals surface area contributed by atoms with Crippen LogP contribution in [0.15, 0.2) is 30.3 Å². The van der Waals surface area contributed by atoms with Crippen LogP contribution in [0, 0.1) is 0 Å². The highest BCUT2D eigenvalue weighted by molar-refractivity contribution is 7.16. The number of hydrogen-bond acceptors (Lipinski definition) is 5. The van der Waals surface area contributed by atoms with Gasteiger partial charge >= 0.3 is 0 Å². The third kappa shape index (κ3) is 2.57. The van der Waals surface area contributed by atoms with E-state index in [1.165, 1.54) is 0 Å². The van der Waals surface area contributed by atoms with Crippen molar-refractivity contribution in [1.82, 2.24) is 25.1 Å². The normalized spacial score (nSPS) is 12.9. The number of nitrogens with zero attached hydrogens (tertiary/aromatic N) is 4. The second-order valence-corrected chi connectivity index (χ2v) is 5.78. The molecule has 0 aliphatic heterocycles. The molecule has 6 heteroatoms. The molecular weight excluding hydrogens is 270 g/mol. The second-order valence-electron chi connectivity index (χ2n) is 4.74. The zero-order valence-corrected chi connectivity index (χ0v) is 12.4. The Bertz CT molecular complexity index is 688. The van der Waals surface area contributed by atoms with Crippen molar-refractivity contribution in [3.8, 4) is 11.4 Å². The molecular formula is C14H17N5S. The first-order valence-corrected chi connectivity index (χ1v) is 7.59. The van der Waals surface area contributed by atoms with Crippen molar-refractivity contribution >= 4 is 16.3 Å². The molecule has 2 aromatic heterocycles. The maximum atomic E-state index is 4.64. The van der Waals surface area contributed by atoms with E-state index in [4.69, 9.17) is 0 Å². The molecule has 2 heterocycles. The molecule has 104 valence electrons. The molecule has 0 spiro atoms. The van der Waals surface area contributed by atoms with Crippen LogP contribution in [-0.2, 0) is 6.42 Å². The van der Waals surface area contributed by atoms with Gasteiger partial charge in [0.2, 0.25) is 4.96 Å². The minimum Gasteiger partial charge on any atom is -0.314 e. The van der Waals surface area contributed by atoms with E-state index in [2.05, 4.69) is 34.5 Å². The Labute approximate surface area is 121 Å². The Morgan fingerprint density at radius 3 is 2.80 bits per heavy atom. The van der Waals surface area contributed by atoms with E-state index in [0.29, 0.717) is 6.04 Å². The summed E-state index contributed by atoms with van der Waals surface area (Å²) in [5.74, 6) is 0.805. The quantitative estimate of drug-likeness (QED) is 0.783. The number of fused-ring (bicyclic) bond motifs is 1. The van der Waals surface area contributed by atoms with E-state index >= 15 is 0 Å². The summed E-state index contributed by atoms with van der Waals surface area (Å²) in [6.45, 7) is 5.26. The lowest BCUT2D eigenvalue weighted by atomic mass is 10.2. The van der Waals surface area contributed by atoms with Crippen molar-refractivity contribution < 1.29 is 0 Å². The average Bonchev–Trinajstić information content (AvgIpc) is 2.99.